The molecule has 0 fully saturated rings. The zero-order chi connectivity index (χ0) is 15.2. The van der Waals surface area contributed by atoms with E-state index >= 15 is 0 Å². The van der Waals surface area contributed by atoms with E-state index < -0.39 is 0 Å². The largest absolute Gasteiger partial charge is 0.370 e. The number of rotatable bonds is 13. The van der Waals surface area contributed by atoms with Crippen molar-refractivity contribution in [2.45, 2.75) is 51.4 Å². The molecule has 0 rings (SSSR count). The standard InChI is InChI=1S/C14H30N4O2/c15-9-11-18(12-10-16)14(20)8-6-4-2-1-3-5-7-13(17)19/h1-12,15-16H2,(H2,17,19). The average Bonchev–Trinajstić information content (AvgIpc) is 2.41. The topological polar surface area (TPSA) is 115 Å². The molecule has 2 amide bonds. The number of amides is 2. The molecule has 0 aliphatic heterocycles. The molecule has 0 spiro atoms. The molecule has 118 valence electrons. The predicted octanol–water partition coefficient (Wildman–Crippen LogP) is 0.338. The van der Waals surface area contributed by atoms with E-state index in [1.807, 2.05) is 0 Å². The maximum atomic E-state index is 11.9. The molecule has 6 nitrogen and oxygen atoms in total. The normalized spacial score (nSPS) is 10.5. The fraction of sp³-hybridized carbons (Fsp3) is 0.857. The number of carbonyl (C=O) groups excluding carboxylic acids is 2. The third-order valence-corrected chi connectivity index (χ3v) is 3.21. The second-order valence-electron chi connectivity index (χ2n) is 5.05. The molecule has 0 unspecified atom stereocenters. The first-order chi connectivity index (χ1) is 9.61. The quantitative estimate of drug-likeness (QED) is 0.423. The van der Waals surface area contributed by atoms with E-state index in [9.17, 15) is 9.59 Å². The lowest BCUT2D eigenvalue weighted by molar-refractivity contribution is -0.131. The molecule has 0 heterocycles. The van der Waals surface area contributed by atoms with Crippen LogP contribution >= 0.6 is 0 Å². The van der Waals surface area contributed by atoms with Gasteiger partial charge in [0, 0.05) is 39.0 Å². The number of hydrogen-bond donors (Lipinski definition) is 3. The van der Waals surface area contributed by atoms with Crippen molar-refractivity contribution in [2.24, 2.45) is 17.2 Å². The zero-order valence-corrected chi connectivity index (χ0v) is 12.5. The van der Waals surface area contributed by atoms with Crippen LogP contribution in [-0.2, 0) is 9.59 Å². The van der Waals surface area contributed by atoms with E-state index in [1.54, 1.807) is 4.90 Å². The number of unbranched alkanes of at least 4 members (excludes halogenated alkanes) is 5. The van der Waals surface area contributed by atoms with Gasteiger partial charge >= 0.3 is 0 Å². The summed E-state index contributed by atoms with van der Waals surface area (Å²) in [7, 11) is 0. The molecule has 0 bridgehead atoms. The minimum Gasteiger partial charge on any atom is -0.370 e. The molecular weight excluding hydrogens is 256 g/mol. The predicted molar refractivity (Wildman–Crippen MR) is 80.8 cm³/mol. The van der Waals surface area contributed by atoms with E-state index in [-0.39, 0.29) is 11.8 Å². The van der Waals surface area contributed by atoms with Gasteiger partial charge in [0.2, 0.25) is 11.8 Å². The van der Waals surface area contributed by atoms with Crippen molar-refractivity contribution < 1.29 is 9.59 Å². The van der Waals surface area contributed by atoms with Gasteiger partial charge in [-0.25, -0.2) is 0 Å². The Kier molecular flexibility index (Phi) is 12.1. The van der Waals surface area contributed by atoms with E-state index in [1.165, 1.54) is 0 Å². The van der Waals surface area contributed by atoms with Gasteiger partial charge in [0.05, 0.1) is 0 Å². The molecule has 0 saturated heterocycles. The van der Waals surface area contributed by atoms with Gasteiger partial charge in [0.15, 0.2) is 0 Å². The Morgan fingerprint density at radius 3 is 1.65 bits per heavy atom. The Balaban J connectivity index is 3.52. The van der Waals surface area contributed by atoms with Crippen molar-refractivity contribution in [1.29, 1.82) is 0 Å². The van der Waals surface area contributed by atoms with E-state index in [0.29, 0.717) is 39.0 Å². The summed E-state index contributed by atoms with van der Waals surface area (Å²) in [6, 6.07) is 0. The van der Waals surface area contributed by atoms with Crippen LogP contribution in [0.15, 0.2) is 0 Å². The van der Waals surface area contributed by atoms with Gasteiger partial charge in [-0.2, -0.15) is 0 Å². The Bertz CT molecular complexity index is 266. The van der Waals surface area contributed by atoms with Crippen LogP contribution in [0, 0.1) is 0 Å². The lowest BCUT2D eigenvalue weighted by Crippen LogP contribution is -2.38. The Hall–Kier alpha value is -1.14. The summed E-state index contributed by atoms with van der Waals surface area (Å²) in [4.78, 5) is 24.2. The van der Waals surface area contributed by atoms with Crippen molar-refractivity contribution >= 4 is 11.8 Å². The monoisotopic (exact) mass is 286 g/mol. The second kappa shape index (κ2) is 12.9. The highest BCUT2D eigenvalue weighted by molar-refractivity contribution is 5.76. The summed E-state index contributed by atoms with van der Waals surface area (Å²) in [5, 5.41) is 0. The van der Waals surface area contributed by atoms with Crippen LogP contribution < -0.4 is 17.2 Å². The molecule has 20 heavy (non-hydrogen) atoms. The van der Waals surface area contributed by atoms with Gasteiger partial charge in [-0.3, -0.25) is 9.59 Å². The third-order valence-electron chi connectivity index (χ3n) is 3.21. The number of hydrogen-bond acceptors (Lipinski definition) is 4. The summed E-state index contributed by atoms with van der Waals surface area (Å²) in [5.41, 5.74) is 16.0. The van der Waals surface area contributed by atoms with Crippen LogP contribution in [-0.4, -0.2) is 42.9 Å². The lowest BCUT2D eigenvalue weighted by atomic mass is 10.1. The summed E-state index contributed by atoms with van der Waals surface area (Å²) in [6.45, 7) is 2.13. The lowest BCUT2D eigenvalue weighted by Gasteiger charge is -2.21. The first kappa shape index (κ1) is 18.9. The van der Waals surface area contributed by atoms with Crippen molar-refractivity contribution in [3.05, 3.63) is 0 Å². The average molecular weight is 286 g/mol. The molecule has 0 radical (unpaired) electrons. The highest BCUT2D eigenvalue weighted by Crippen LogP contribution is 2.09. The molecule has 0 aromatic carbocycles. The van der Waals surface area contributed by atoms with Crippen LogP contribution in [0.25, 0.3) is 0 Å². The number of nitrogens with two attached hydrogens (primary N) is 3. The van der Waals surface area contributed by atoms with Crippen LogP contribution in [0.1, 0.15) is 51.4 Å². The molecule has 0 aliphatic rings. The third kappa shape index (κ3) is 10.8. The van der Waals surface area contributed by atoms with Crippen molar-refractivity contribution in [2.75, 3.05) is 26.2 Å². The summed E-state index contributed by atoms with van der Waals surface area (Å²) >= 11 is 0. The Labute approximate surface area is 122 Å². The molecule has 0 aromatic rings. The SMILES string of the molecule is NCCN(CCN)C(=O)CCCCCCCCC(N)=O. The van der Waals surface area contributed by atoms with Gasteiger partial charge in [-0.1, -0.05) is 25.7 Å². The summed E-state index contributed by atoms with van der Waals surface area (Å²) in [5.74, 6) is -0.0786. The summed E-state index contributed by atoms with van der Waals surface area (Å²) in [6.07, 6.45) is 7.09. The fourth-order valence-electron chi connectivity index (χ4n) is 2.11. The van der Waals surface area contributed by atoms with E-state index in [2.05, 4.69) is 0 Å². The minimum atomic E-state index is -0.226. The Morgan fingerprint density at radius 2 is 1.20 bits per heavy atom. The molecule has 0 aliphatic carbocycles. The van der Waals surface area contributed by atoms with Crippen molar-refractivity contribution in [1.82, 2.24) is 4.90 Å². The molecule has 0 atom stereocenters. The molecule has 6 heteroatoms. The molecule has 6 N–H and O–H groups in total. The number of nitrogens with zero attached hydrogens (tertiary/aromatic N) is 1. The van der Waals surface area contributed by atoms with Gasteiger partial charge in [-0.05, 0) is 12.8 Å². The highest BCUT2D eigenvalue weighted by Gasteiger charge is 2.10. The first-order valence-electron chi connectivity index (χ1n) is 7.58. The van der Waals surface area contributed by atoms with Crippen molar-refractivity contribution in [3.8, 4) is 0 Å². The zero-order valence-electron chi connectivity index (χ0n) is 12.5. The minimum absolute atomic E-state index is 0.148. The van der Waals surface area contributed by atoms with Gasteiger partial charge in [0.1, 0.15) is 0 Å². The van der Waals surface area contributed by atoms with Crippen LogP contribution in [0.2, 0.25) is 0 Å². The van der Waals surface area contributed by atoms with Crippen molar-refractivity contribution in [3.63, 3.8) is 0 Å². The van der Waals surface area contributed by atoms with Gasteiger partial charge in [0.25, 0.3) is 0 Å². The Morgan fingerprint density at radius 1 is 0.750 bits per heavy atom. The molecule has 0 aromatic heterocycles. The maximum Gasteiger partial charge on any atom is 0.222 e. The van der Waals surface area contributed by atoms with E-state index in [0.717, 1.165) is 38.5 Å². The smallest absolute Gasteiger partial charge is 0.222 e. The van der Waals surface area contributed by atoms with Crippen LogP contribution in [0.3, 0.4) is 0 Å². The second-order valence-corrected chi connectivity index (χ2v) is 5.05. The number of carbonyl (C=O) groups is 2. The van der Waals surface area contributed by atoms with Crippen LogP contribution in [0.5, 0.6) is 0 Å². The van der Waals surface area contributed by atoms with E-state index in [4.69, 9.17) is 17.2 Å². The molecular formula is C14H30N4O2. The molecule has 0 saturated carbocycles. The maximum absolute atomic E-state index is 11.9. The van der Waals surface area contributed by atoms with Crippen LogP contribution in [0.4, 0.5) is 0 Å². The fourth-order valence-corrected chi connectivity index (χ4v) is 2.11. The van der Waals surface area contributed by atoms with Gasteiger partial charge in [-0.15, -0.1) is 0 Å². The first-order valence-corrected chi connectivity index (χ1v) is 7.58. The van der Waals surface area contributed by atoms with Gasteiger partial charge < -0.3 is 22.1 Å². The highest BCUT2D eigenvalue weighted by atomic mass is 16.2. The summed E-state index contributed by atoms with van der Waals surface area (Å²) < 4.78 is 0. The number of primary amides is 1.